The minimum Gasteiger partial charge on any atom is -0.493 e. The maximum atomic E-state index is 12.4. The Morgan fingerprint density at radius 2 is 2.00 bits per heavy atom. The Bertz CT molecular complexity index is 1340. The summed E-state index contributed by atoms with van der Waals surface area (Å²) in [6.07, 6.45) is 5.38. The molecule has 4 atom stereocenters. The van der Waals surface area contributed by atoms with Crippen LogP contribution in [-0.4, -0.2) is 63.5 Å². The van der Waals surface area contributed by atoms with E-state index in [1.54, 1.807) is 4.90 Å². The highest BCUT2D eigenvalue weighted by Gasteiger charge is 2.55. The number of aromatic nitrogens is 3. The van der Waals surface area contributed by atoms with Crippen LogP contribution < -0.4 is 4.74 Å². The number of aryl methyl sites for hydroxylation is 1. The van der Waals surface area contributed by atoms with Gasteiger partial charge in [0.05, 0.1) is 30.6 Å². The van der Waals surface area contributed by atoms with Crippen LogP contribution in [0.4, 0.5) is 0 Å². The Kier molecular flexibility index (Phi) is 5.74. The predicted molar refractivity (Wildman–Crippen MR) is 135 cm³/mol. The van der Waals surface area contributed by atoms with E-state index >= 15 is 0 Å². The number of halogens is 1. The van der Waals surface area contributed by atoms with E-state index in [0.717, 1.165) is 47.3 Å². The summed E-state index contributed by atoms with van der Waals surface area (Å²) in [4.78, 5) is 22.8. The van der Waals surface area contributed by atoms with Crippen LogP contribution in [0.25, 0.3) is 11.0 Å². The number of likely N-dealkylation sites (N-methyl/N-ethyl adjacent to an activating group) is 1. The number of amides is 1. The Labute approximate surface area is 215 Å². The average molecular weight is 511 g/mol. The molecule has 6 rings (SSSR count). The summed E-state index contributed by atoms with van der Waals surface area (Å²) >= 11 is 6.31. The Hall–Kier alpha value is -2.68. The molecule has 190 valence electrons. The molecule has 3 aliphatic rings. The maximum absolute atomic E-state index is 12.4. The first-order valence-electron chi connectivity index (χ1n) is 12.5. The van der Waals surface area contributed by atoms with E-state index in [0.29, 0.717) is 18.2 Å². The number of hydrogen-bond acceptors (Lipinski definition) is 6. The largest absolute Gasteiger partial charge is 0.493 e. The van der Waals surface area contributed by atoms with Crippen molar-refractivity contribution in [3.05, 3.63) is 52.6 Å². The lowest BCUT2D eigenvalue weighted by Crippen LogP contribution is -2.29. The van der Waals surface area contributed by atoms with E-state index in [1.165, 1.54) is 11.9 Å². The second-order valence-electron chi connectivity index (χ2n) is 10.7. The van der Waals surface area contributed by atoms with Gasteiger partial charge in [0.1, 0.15) is 29.0 Å². The third-order valence-corrected chi connectivity index (χ3v) is 8.10. The number of nitrogens with zero attached hydrogens (tertiary/aromatic N) is 4. The number of carbonyl (C=O) groups is 1. The van der Waals surface area contributed by atoms with Gasteiger partial charge in [-0.2, -0.15) is 0 Å². The highest BCUT2D eigenvalue weighted by molar-refractivity contribution is 6.33. The summed E-state index contributed by atoms with van der Waals surface area (Å²) in [5.41, 5.74) is 4.17. The van der Waals surface area contributed by atoms with E-state index in [2.05, 4.69) is 33.6 Å². The second-order valence-corrected chi connectivity index (χ2v) is 11.1. The van der Waals surface area contributed by atoms with Gasteiger partial charge in [-0.15, -0.1) is 0 Å². The van der Waals surface area contributed by atoms with Gasteiger partial charge < -0.3 is 23.7 Å². The van der Waals surface area contributed by atoms with Crippen molar-refractivity contribution in [3.63, 3.8) is 0 Å². The molecule has 36 heavy (non-hydrogen) atoms. The minimum atomic E-state index is -0.672. The smallest absolute Gasteiger partial charge is 0.226 e. The molecule has 3 aromatic rings. The molecular weight excluding hydrogens is 480 g/mol. The van der Waals surface area contributed by atoms with Gasteiger partial charge in [-0.1, -0.05) is 17.7 Å². The summed E-state index contributed by atoms with van der Waals surface area (Å²) in [7, 11) is 1.87. The van der Waals surface area contributed by atoms with E-state index in [-0.39, 0.29) is 30.1 Å². The maximum Gasteiger partial charge on any atom is 0.226 e. The van der Waals surface area contributed by atoms with Gasteiger partial charge in [-0.3, -0.25) is 4.79 Å². The Morgan fingerprint density at radius 3 is 2.83 bits per heavy atom. The van der Waals surface area contributed by atoms with Gasteiger partial charge in [-0.05, 0) is 62.4 Å². The van der Waals surface area contributed by atoms with Gasteiger partial charge in [-0.25, -0.2) is 9.97 Å². The van der Waals surface area contributed by atoms with E-state index < -0.39 is 5.79 Å². The molecule has 2 aromatic heterocycles. The van der Waals surface area contributed by atoms with Crippen LogP contribution in [0.5, 0.6) is 5.75 Å². The molecule has 1 saturated carbocycles. The molecule has 0 spiro atoms. The first kappa shape index (κ1) is 23.7. The quantitative estimate of drug-likeness (QED) is 0.491. The third kappa shape index (κ3) is 4.05. The highest BCUT2D eigenvalue weighted by Crippen LogP contribution is 2.48. The zero-order valence-electron chi connectivity index (χ0n) is 21.0. The van der Waals surface area contributed by atoms with E-state index in [4.69, 9.17) is 25.8 Å². The molecule has 0 radical (unpaired) electrons. The van der Waals surface area contributed by atoms with Gasteiger partial charge in [0.15, 0.2) is 5.79 Å². The molecule has 4 heterocycles. The normalized spacial score (nSPS) is 27.2. The molecule has 2 fully saturated rings. The first-order valence-corrected chi connectivity index (χ1v) is 12.9. The zero-order chi connectivity index (χ0) is 25.2. The second kappa shape index (κ2) is 8.71. The fourth-order valence-electron chi connectivity index (χ4n) is 5.95. The molecule has 0 bridgehead atoms. The molecular formula is C27H31ClN4O4. The first-order chi connectivity index (χ1) is 17.2. The molecule has 0 N–H and O–H groups in total. The van der Waals surface area contributed by atoms with Crippen molar-refractivity contribution < 1.29 is 19.0 Å². The van der Waals surface area contributed by atoms with Gasteiger partial charge in [0.2, 0.25) is 5.91 Å². The van der Waals surface area contributed by atoms with Crippen molar-refractivity contribution in [2.45, 2.75) is 64.1 Å². The fraction of sp³-hybridized carbons (Fsp3) is 0.519. The molecule has 1 aromatic carbocycles. The number of carbonyl (C=O) groups excluding carboxylic acids is 1. The van der Waals surface area contributed by atoms with Crippen molar-refractivity contribution in [2.75, 3.05) is 20.2 Å². The molecule has 1 amide bonds. The standard InChI is InChI=1S/C27H31ClN4O4/c1-15-9-16-5-7-31(4)22(33)12-17(16)11-21(15)34-13-18-10-20(24-23(18)35-27(2,3)36-24)32-8-6-19-25(28)29-14-30-26(19)32/h6,8-9,11,14,18,20,23-24H,5,7,10,12-13H2,1-4H3/t18-,20-,23-,24+/m1/s1. The van der Waals surface area contributed by atoms with E-state index in [1.807, 2.05) is 33.2 Å². The summed E-state index contributed by atoms with van der Waals surface area (Å²) in [5.74, 6) is 0.429. The van der Waals surface area contributed by atoms with Crippen LogP contribution >= 0.6 is 11.6 Å². The molecule has 9 heteroatoms. The molecule has 2 aliphatic heterocycles. The zero-order valence-corrected chi connectivity index (χ0v) is 21.8. The van der Waals surface area contributed by atoms with Gasteiger partial charge in [0, 0.05) is 25.7 Å². The number of benzene rings is 1. The topological polar surface area (TPSA) is 78.7 Å². The Morgan fingerprint density at radius 1 is 1.19 bits per heavy atom. The number of ether oxygens (including phenoxy) is 3. The van der Waals surface area contributed by atoms with E-state index in [9.17, 15) is 4.79 Å². The molecule has 1 saturated heterocycles. The number of rotatable bonds is 4. The molecule has 8 nitrogen and oxygen atoms in total. The molecule has 1 aliphatic carbocycles. The molecule has 0 unspecified atom stereocenters. The summed E-state index contributed by atoms with van der Waals surface area (Å²) in [6.45, 7) is 7.23. The lowest BCUT2D eigenvalue weighted by molar-refractivity contribution is -0.161. The lowest BCUT2D eigenvalue weighted by atomic mass is 9.99. The van der Waals surface area contributed by atoms with Gasteiger partial charge >= 0.3 is 0 Å². The third-order valence-electron chi connectivity index (χ3n) is 7.80. The lowest BCUT2D eigenvalue weighted by Gasteiger charge is -2.25. The fourth-order valence-corrected chi connectivity index (χ4v) is 6.14. The van der Waals surface area contributed by atoms with Crippen molar-refractivity contribution in [2.24, 2.45) is 5.92 Å². The van der Waals surface area contributed by atoms with Crippen LogP contribution in [0.2, 0.25) is 5.15 Å². The van der Waals surface area contributed by atoms with Crippen LogP contribution in [0.1, 0.15) is 43.0 Å². The van der Waals surface area contributed by atoms with Crippen molar-refractivity contribution in [1.82, 2.24) is 19.4 Å². The highest BCUT2D eigenvalue weighted by atomic mass is 35.5. The SMILES string of the molecule is Cc1cc2c(cc1OC[C@H]1C[C@@H](n3ccc4c(Cl)ncnc43)[C@@H]3OC(C)(C)O[C@H]13)CC(=O)N(C)CC2. The summed E-state index contributed by atoms with van der Waals surface area (Å²) in [5, 5.41) is 1.27. The number of hydrogen-bond donors (Lipinski definition) is 0. The van der Waals surface area contributed by atoms with Crippen molar-refractivity contribution in [1.29, 1.82) is 0 Å². The van der Waals surface area contributed by atoms with Gasteiger partial charge in [0.25, 0.3) is 0 Å². The van der Waals surface area contributed by atoms with Crippen molar-refractivity contribution >= 4 is 28.5 Å². The Balaban J connectivity index is 1.25. The summed E-state index contributed by atoms with van der Waals surface area (Å²) < 4.78 is 21.3. The predicted octanol–water partition coefficient (Wildman–Crippen LogP) is 4.11. The van der Waals surface area contributed by atoms with Crippen LogP contribution in [0.15, 0.2) is 30.7 Å². The van der Waals surface area contributed by atoms with Crippen LogP contribution in [-0.2, 0) is 27.1 Å². The minimum absolute atomic E-state index is 0.0372. The summed E-state index contributed by atoms with van der Waals surface area (Å²) in [6, 6.07) is 6.22. The monoisotopic (exact) mass is 510 g/mol. The average Bonchev–Trinajstić information content (AvgIpc) is 3.46. The number of fused-ring (bicyclic) bond motifs is 3. The van der Waals surface area contributed by atoms with Crippen LogP contribution in [0.3, 0.4) is 0 Å². The van der Waals surface area contributed by atoms with Crippen LogP contribution in [0, 0.1) is 12.8 Å². The van der Waals surface area contributed by atoms with Crippen molar-refractivity contribution in [3.8, 4) is 5.75 Å².